The van der Waals surface area contributed by atoms with Gasteiger partial charge in [-0.05, 0) is 18.7 Å². The molecule has 1 heterocycles. The highest BCUT2D eigenvalue weighted by atomic mass is 32.2. The molecule has 0 saturated carbocycles. The van der Waals surface area contributed by atoms with Crippen LogP contribution in [-0.4, -0.2) is 56.1 Å². The summed E-state index contributed by atoms with van der Waals surface area (Å²) in [5.41, 5.74) is 0. The molecule has 4 heteroatoms. The highest BCUT2D eigenvalue weighted by Gasteiger charge is 2.18. The lowest BCUT2D eigenvalue weighted by Crippen LogP contribution is -2.46. The molecule has 106 valence electrons. The van der Waals surface area contributed by atoms with E-state index in [0.717, 1.165) is 45.1 Å². The predicted octanol–water partition coefficient (Wildman–Crippen LogP) is 2.09. The van der Waals surface area contributed by atoms with E-state index in [9.17, 15) is 0 Å². The molecule has 1 atom stereocenters. The highest BCUT2D eigenvalue weighted by Crippen LogP contribution is 2.15. The smallest absolute Gasteiger partial charge is 0.0826 e. The zero-order valence-corrected chi connectivity index (χ0v) is 12.5. The maximum Gasteiger partial charge on any atom is 0.0826 e. The molecule has 0 bridgehead atoms. The molecule has 2 rings (SSSR count). The van der Waals surface area contributed by atoms with E-state index in [1.54, 1.807) is 0 Å². The Kier molecular flexibility index (Phi) is 6.71. The first-order valence-corrected chi connectivity index (χ1v) is 8.09. The number of likely N-dealkylation sites (N-methyl/N-ethyl adjacent to an activating group) is 1. The summed E-state index contributed by atoms with van der Waals surface area (Å²) in [5.74, 6) is 1.11. The van der Waals surface area contributed by atoms with Gasteiger partial charge in [-0.2, -0.15) is 0 Å². The largest absolute Gasteiger partial charge is 0.374 e. The van der Waals surface area contributed by atoms with Crippen molar-refractivity contribution in [1.29, 1.82) is 0 Å². The Labute approximate surface area is 120 Å². The molecular formula is C15H24N2OS. The molecule has 1 saturated heterocycles. The van der Waals surface area contributed by atoms with Crippen molar-refractivity contribution in [2.75, 3.05) is 45.1 Å². The molecule has 3 nitrogen and oxygen atoms in total. The van der Waals surface area contributed by atoms with Crippen molar-refractivity contribution in [2.45, 2.75) is 17.9 Å². The van der Waals surface area contributed by atoms with Crippen LogP contribution in [0.25, 0.3) is 0 Å². The van der Waals surface area contributed by atoms with Gasteiger partial charge >= 0.3 is 0 Å². The average molecular weight is 280 g/mol. The van der Waals surface area contributed by atoms with E-state index < -0.39 is 0 Å². The summed E-state index contributed by atoms with van der Waals surface area (Å²) >= 11 is 1.90. The summed E-state index contributed by atoms with van der Waals surface area (Å²) in [5, 5.41) is 3.50. The monoisotopic (exact) mass is 280 g/mol. The molecule has 19 heavy (non-hydrogen) atoms. The number of nitrogens with zero attached hydrogens (tertiary/aromatic N) is 1. The fourth-order valence-corrected chi connectivity index (χ4v) is 3.04. The van der Waals surface area contributed by atoms with E-state index in [2.05, 4.69) is 47.5 Å². The third-order valence-electron chi connectivity index (χ3n) is 3.33. The van der Waals surface area contributed by atoms with E-state index in [1.807, 2.05) is 11.8 Å². The SMILES string of the molecule is CCN1CCOC(CNCCSc2ccccc2)C1. The van der Waals surface area contributed by atoms with Crippen molar-refractivity contribution in [3.05, 3.63) is 30.3 Å². The van der Waals surface area contributed by atoms with Crippen molar-refractivity contribution in [3.8, 4) is 0 Å². The Morgan fingerprint density at radius 1 is 1.37 bits per heavy atom. The second-order valence-corrected chi connectivity index (χ2v) is 5.92. The third-order valence-corrected chi connectivity index (χ3v) is 4.35. The highest BCUT2D eigenvalue weighted by molar-refractivity contribution is 7.99. The van der Waals surface area contributed by atoms with Crippen LogP contribution in [0.4, 0.5) is 0 Å². The Balaban J connectivity index is 1.54. The minimum absolute atomic E-state index is 0.357. The van der Waals surface area contributed by atoms with Crippen LogP contribution >= 0.6 is 11.8 Å². The first-order chi connectivity index (χ1) is 9.38. The van der Waals surface area contributed by atoms with Gasteiger partial charge in [-0.1, -0.05) is 25.1 Å². The molecule has 0 aromatic heterocycles. The first-order valence-electron chi connectivity index (χ1n) is 7.11. The number of hydrogen-bond acceptors (Lipinski definition) is 4. The van der Waals surface area contributed by atoms with Crippen LogP contribution in [0.3, 0.4) is 0 Å². The Morgan fingerprint density at radius 2 is 2.21 bits per heavy atom. The Morgan fingerprint density at radius 3 is 3.00 bits per heavy atom. The van der Waals surface area contributed by atoms with Crippen molar-refractivity contribution >= 4 is 11.8 Å². The molecule has 1 unspecified atom stereocenters. The summed E-state index contributed by atoms with van der Waals surface area (Å²) in [6.07, 6.45) is 0.357. The lowest BCUT2D eigenvalue weighted by atomic mass is 10.2. The van der Waals surface area contributed by atoms with E-state index >= 15 is 0 Å². The van der Waals surface area contributed by atoms with Gasteiger partial charge in [0.1, 0.15) is 0 Å². The van der Waals surface area contributed by atoms with Crippen LogP contribution in [-0.2, 0) is 4.74 Å². The lowest BCUT2D eigenvalue weighted by molar-refractivity contribution is -0.0249. The van der Waals surface area contributed by atoms with E-state index in [-0.39, 0.29) is 0 Å². The van der Waals surface area contributed by atoms with Gasteiger partial charge in [-0.15, -0.1) is 11.8 Å². The van der Waals surface area contributed by atoms with Crippen molar-refractivity contribution < 1.29 is 4.74 Å². The van der Waals surface area contributed by atoms with Crippen molar-refractivity contribution in [1.82, 2.24) is 10.2 Å². The minimum Gasteiger partial charge on any atom is -0.374 e. The number of rotatable bonds is 7. The van der Waals surface area contributed by atoms with Crippen LogP contribution in [0.2, 0.25) is 0 Å². The molecular weight excluding hydrogens is 256 g/mol. The summed E-state index contributed by atoms with van der Waals surface area (Å²) in [6, 6.07) is 10.6. The van der Waals surface area contributed by atoms with Gasteiger partial charge in [0.15, 0.2) is 0 Å². The van der Waals surface area contributed by atoms with E-state index in [1.165, 1.54) is 4.90 Å². The standard InChI is InChI=1S/C15H24N2OS/c1-2-17-9-10-18-14(13-17)12-16-8-11-19-15-6-4-3-5-7-15/h3-7,14,16H,2,8-13H2,1H3. The number of benzene rings is 1. The van der Waals surface area contributed by atoms with Crippen LogP contribution in [0.15, 0.2) is 35.2 Å². The van der Waals surface area contributed by atoms with Crippen LogP contribution in [0.5, 0.6) is 0 Å². The van der Waals surface area contributed by atoms with Gasteiger partial charge in [0.2, 0.25) is 0 Å². The summed E-state index contributed by atoms with van der Waals surface area (Å²) in [7, 11) is 0. The second kappa shape index (κ2) is 8.59. The van der Waals surface area contributed by atoms with E-state index in [4.69, 9.17) is 4.74 Å². The van der Waals surface area contributed by atoms with Crippen LogP contribution in [0.1, 0.15) is 6.92 Å². The quantitative estimate of drug-likeness (QED) is 0.610. The molecule has 1 aromatic rings. The van der Waals surface area contributed by atoms with Gasteiger partial charge in [0.05, 0.1) is 12.7 Å². The number of hydrogen-bond donors (Lipinski definition) is 1. The molecule has 1 aliphatic rings. The molecule has 0 spiro atoms. The Bertz CT molecular complexity index is 347. The normalized spacial score (nSPS) is 20.6. The molecule has 0 radical (unpaired) electrons. The van der Waals surface area contributed by atoms with E-state index in [0.29, 0.717) is 6.10 Å². The van der Waals surface area contributed by atoms with Crippen molar-refractivity contribution in [2.24, 2.45) is 0 Å². The predicted molar refractivity (Wildman–Crippen MR) is 81.9 cm³/mol. The zero-order valence-electron chi connectivity index (χ0n) is 11.7. The summed E-state index contributed by atoms with van der Waals surface area (Å²) < 4.78 is 5.76. The lowest BCUT2D eigenvalue weighted by Gasteiger charge is -2.32. The third kappa shape index (κ3) is 5.53. The maximum absolute atomic E-state index is 5.76. The second-order valence-electron chi connectivity index (χ2n) is 4.75. The summed E-state index contributed by atoms with van der Waals surface area (Å²) in [6.45, 7) is 8.36. The first kappa shape index (κ1) is 14.9. The maximum atomic E-state index is 5.76. The van der Waals surface area contributed by atoms with Crippen LogP contribution < -0.4 is 5.32 Å². The number of nitrogens with one attached hydrogen (secondary N) is 1. The molecule has 0 aliphatic carbocycles. The average Bonchev–Trinajstić information content (AvgIpc) is 2.48. The molecule has 0 amide bonds. The van der Waals surface area contributed by atoms with Gasteiger partial charge in [-0.3, -0.25) is 4.90 Å². The number of morpholine rings is 1. The van der Waals surface area contributed by atoms with Gasteiger partial charge < -0.3 is 10.1 Å². The van der Waals surface area contributed by atoms with Gasteiger partial charge in [-0.25, -0.2) is 0 Å². The number of thioether (sulfide) groups is 1. The summed E-state index contributed by atoms with van der Waals surface area (Å²) in [4.78, 5) is 3.80. The topological polar surface area (TPSA) is 24.5 Å². The molecule has 1 aromatic carbocycles. The van der Waals surface area contributed by atoms with Crippen molar-refractivity contribution in [3.63, 3.8) is 0 Å². The fourth-order valence-electron chi connectivity index (χ4n) is 2.21. The fraction of sp³-hybridized carbons (Fsp3) is 0.600. The minimum atomic E-state index is 0.357. The molecule has 1 aliphatic heterocycles. The Hall–Kier alpha value is -0.550. The molecule has 1 N–H and O–H groups in total. The zero-order chi connectivity index (χ0) is 13.3. The van der Waals surface area contributed by atoms with Gasteiger partial charge in [0.25, 0.3) is 0 Å². The molecule has 1 fully saturated rings. The van der Waals surface area contributed by atoms with Crippen LogP contribution in [0, 0.1) is 0 Å². The van der Waals surface area contributed by atoms with Gasteiger partial charge in [0, 0.05) is 36.8 Å². The number of ether oxygens (including phenoxy) is 1.